The van der Waals surface area contributed by atoms with Crippen LogP contribution in [0.4, 0.5) is 8.78 Å². The van der Waals surface area contributed by atoms with Crippen LogP contribution in [-0.2, 0) is 6.42 Å². The van der Waals surface area contributed by atoms with Crippen molar-refractivity contribution in [3.05, 3.63) is 63.9 Å². The quantitative estimate of drug-likeness (QED) is 0.746. The van der Waals surface area contributed by atoms with Gasteiger partial charge in [0.25, 0.3) is 0 Å². The minimum absolute atomic E-state index is 0.120. The minimum Gasteiger partial charge on any atom is -0.261 e. The van der Waals surface area contributed by atoms with Crippen molar-refractivity contribution >= 4 is 27.5 Å². The molecule has 0 aliphatic carbocycles. The Labute approximate surface area is 117 Å². The molecule has 94 valence electrons. The molecule has 0 amide bonds. The van der Waals surface area contributed by atoms with Gasteiger partial charge >= 0.3 is 0 Å². The summed E-state index contributed by atoms with van der Waals surface area (Å²) in [5.41, 5.74) is 0.574. The van der Waals surface area contributed by atoms with Crippen molar-refractivity contribution in [2.45, 2.75) is 11.8 Å². The summed E-state index contributed by atoms with van der Waals surface area (Å²) >= 11 is 9.10. The Hall–Kier alpha value is -1.00. The zero-order chi connectivity index (χ0) is 13.1. The van der Waals surface area contributed by atoms with Crippen LogP contribution in [0.5, 0.6) is 0 Å². The third-order valence-corrected chi connectivity index (χ3v) is 3.30. The van der Waals surface area contributed by atoms with Gasteiger partial charge in [-0.2, -0.15) is 0 Å². The third-order valence-electron chi connectivity index (χ3n) is 2.47. The van der Waals surface area contributed by atoms with E-state index in [1.165, 1.54) is 12.1 Å². The molecular formula is C13H9BrClF2N. The van der Waals surface area contributed by atoms with Crippen LogP contribution in [0.25, 0.3) is 0 Å². The number of pyridine rings is 1. The molecule has 18 heavy (non-hydrogen) atoms. The number of hydrogen-bond donors (Lipinski definition) is 0. The Kier molecular flexibility index (Phi) is 4.30. The lowest BCUT2D eigenvalue weighted by atomic mass is 10.1. The fourth-order valence-electron chi connectivity index (χ4n) is 1.66. The predicted octanol–water partition coefficient (Wildman–Crippen LogP) is 4.64. The van der Waals surface area contributed by atoms with Crippen LogP contribution >= 0.6 is 27.5 Å². The predicted molar refractivity (Wildman–Crippen MR) is 70.6 cm³/mol. The van der Waals surface area contributed by atoms with E-state index in [1.807, 2.05) is 0 Å². The van der Waals surface area contributed by atoms with E-state index in [2.05, 4.69) is 20.9 Å². The van der Waals surface area contributed by atoms with E-state index in [9.17, 15) is 8.78 Å². The first-order chi connectivity index (χ1) is 8.58. The molecule has 1 unspecified atom stereocenters. The Balaban J connectivity index is 2.27. The Bertz CT molecular complexity index is 525. The number of nitrogens with zero attached hydrogens (tertiary/aromatic N) is 1. The van der Waals surface area contributed by atoms with Crippen molar-refractivity contribution in [1.29, 1.82) is 0 Å². The molecule has 0 saturated heterocycles. The fourth-order valence-corrected chi connectivity index (χ4v) is 2.43. The van der Waals surface area contributed by atoms with Crippen LogP contribution in [0.1, 0.15) is 16.6 Å². The molecule has 0 fully saturated rings. The van der Waals surface area contributed by atoms with E-state index in [1.54, 1.807) is 24.4 Å². The number of halogens is 4. The molecule has 5 heteroatoms. The van der Waals surface area contributed by atoms with Crippen LogP contribution in [0, 0.1) is 11.6 Å². The van der Waals surface area contributed by atoms with Crippen molar-refractivity contribution < 1.29 is 8.78 Å². The van der Waals surface area contributed by atoms with E-state index in [4.69, 9.17) is 11.6 Å². The molecule has 2 rings (SSSR count). The van der Waals surface area contributed by atoms with E-state index in [0.717, 1.165) is 0 Å². The second-order valence-corrected chi connectivity index (χ2v) is 5.22. The van der Waals surface area contributed by atoms with E-state index in [-0.39, 0.29) is 12.0 Å². The molecule has 0 N–H and O–H groups in total. The highest BCUT2D eigenvalue weighted by atomic mass is 79.9. The summed E-state index contributed by atoms with van der Waals surface area (Å²) in [6.07, 6.45) is 1.89. The van der Waals surface area contributed by atoms with Gasteiger partial charge in [0.1, 0.15) is 11.6 Å². The lowest BCUT2D eigenvalue weighted by molar-refractivity contribution is 0.549. The van der Waals surface area contributed by atoms with Gasteiger partial charge in [-0.1, -0.05) is 22.0 Å². The lowest BCUT2D eigenvalue weighted by Gasteiger charge is -2.12. The molecule has 0 bridgehead atoms. The Morgan fingerprint density at radius 1 is 1.22 bits per heavy atom. The highest BCUT2D eigenvalue weighted by Gasteiger charge is 2.19. The average Bonchev–Trinajstić information content (AvgIpc) is 2.28. The first-order valence-corrected chi connectivity index (χ1v) is 6.49. The van der Waals surface area contributed by atoms with Crippen LogP contribution in [0.15, 0.2) is 41.0 Å². The number of rotatable bonds is 3. The normalized spacial score (nSPS) is 12.4. The summed E-state index contributed by atoms with van der Waals surface area (Å²) < 4.78 is 27.7. The van der Waals surface area contributed by atoms with Crippen molar-refractivity contribution in [3.8, 4) is 0 Å². The van der Waals surface area contributed by atoms with Crippen molar-refractivity contribution in [2.24, 2.45) is 0 Å². The van der Waals surface area contributed by atoms with Gasteiger partial charge in [0.15, 0.2) is 0 Å². The van der Waals surface area contributed by atoms with Gasteiger partial charge in [-0.05, 0) is 24.3 Å². The summed E-state index contributed by atoms with van der Waals surface area (Å²) in [4.78, 5) is 4.08. The van der Waals surface area contributed by atoms with Crippen molar-refractivity contribution in [3.63, 3.8) is 0 Å². The van der Waals surface area contributed by atoms with Gasteiger partial charge in [-0.15, -0.1) is 11.6 Å². The molecule has 1 aromatic heterocycles. The molecule has 1 atom stereocenters. The first-order valence-electron chi connectivity index (χ1n) is 5.26. The second kappa shape index (κ2) is 5.76. The topological polar surface area (TPSA) is 12.9 Å². The zero-order valence-corrected chi connectivity index (χ0v) is 11.5. The summed E-state index contributed by atoms with van der Waals surface area (Å²) in [5.74, 6) is -1.31. The van der Waals surface area contributed by atoms with E-state index >= 15 is 0 Å². The van der Waals surface area contributed by atoms with Gasteiger partial charge in [0.2, 0.25) is 0 Å². The SMILES string of the molecule is Fc1cc(Br)cc(F)c1C(Cl)Cc1ccccn1. The molecule has 0 aliphatic heterocycles. The van der Waals surface area contributed by atoms with Crippen LogP contribution in [0.2, 0.25) is 0 Å². The summed E-state index contributed by atoms with van der Waals surface area (Å²) in [5, 5.41) is -0.784. The Morgan fingerprint density at radius 3 is 2.44 bits per heavy atom. The van der Waals surface area contributed by atoms with Crippen LogP contribution < -0.4 is 0 Å². The van der Waals surface area contributed by atoms with Gasteiger partial charge in [-0.3, -0.25) is 4.98 Å². The number of benzene rings is 1. The molecule has 1 aromatic carbocycles. The smallest absolute Gasteiger partial charge is 0.131 e. The molecule has 0 saturated carbocycles. The molecule has 1 nitrogen and oxygen atoms in total. The third kappa shape index (κ3) is 3.06. The molecule has 0 radical (unpaired) electrons. The molecule has 0 spiro atoms. The van der Waals surface area contributed by atoms with Gasteiger partial charge < -0.3 is 0 Å². The maximum absolute atomic E-state index is 13.7. The largest absolute Gasteiger partial charge is 0.261 e. The first kappa shape index (κ1) is 13.4. The number of aromatic nitrogens is 1. The molecule has 0 aliphatic rings. The van der Waals surface area contributed by atoms with Crippen molar-refractivity contribution in [1.82, 2.24) is 4.98 Å². The van der Waals surface area contributed by atoms with Crippen LogP contribution in [-0.4, -0.2) is 4.98 Å². The summed E-state index contributed by atoms with van der Waals surface area (Å²) in [6, 6.07) is 7.75. The average molecular weight is 333 g/mol. The van der Waals surface area contributed by atoms with Gasteiger partial charge in [0, 0.05) is 28.3 Å². The second-order valence-electron chi connectivity index (χ2n) is 3.78. The minimum atomic E-state index is -0.784. The van der Waals surface area contributed by atoms with Crippen LogP contribution in [0.3, 0.4) is 0 Å². The lowest BCUT2D eigenvalue weighted by Crippen LogP contribution is -2.03. The molecule has 1 heterocycles. The summed E-state index contributed by atoms with van der Waals surface area (Å²) in [7, 11) is 0. The highest BCUT2D eigenvalue weighted by Crippen LogP contribution is 2.31. The monoisotopic (exact) mass is 331 g/mol. The van der Waals surface area contributed by atoms with Gasteiger partial charge in [-0.25, -0.2) is 8.78 Å². The number of hydrogen-bond acceptors (Lipinski definition) is 1. The van der Waals surface area contributed by atoms with Crippen molar-refractivity contribution in [2.75, 3.05) is 0 Å². The summed E-state index contributed by atoms with van der Waals surface area (Å²) in [6.45, 7) is 0. The number of alkyl halides is 1. The highest BCUT2D eigenvalue weighted by molar-refractivity contribution is 9.10. The van der Waals surface area contributed by atoms with E-state index in [0.29, 0.717) is 10.2 Å². The fraction of sp³-hybridized carbons (Fsp3) is 0.154. The maximum atomic E-state index is 13.7. The molecular weight excluding hydrogens is 324 g/mol. The zero-order valence-electron chi connectivity index (χ0n) is 9.21. The molecule has 2 aromatic rings. The van der Waals surface area contributed by atoms with Gasteiger partial charge in [0.05, 0.1) is 5.38 Å². The van der Waals surface area contributed by atoms with E-state index < -0.39 is 17.0 Å². The maximum Gasteiger partial charge on any atom is 0.131 e. The Morgan fingerprint density at radius 2 is 1.89 bits per heavy atom. The standard InChI is InChI=1S/C13H9BrClF2N/c14-8-5-11(16)13(12(17)6-8)10(15)7-9-3-1-2-4-18-9/h1-6,10H,7H2.